The van der Waals surface area contributed by atoms with Crippen molar-refractivity contribution in [2.24, 2.45) is 0 Å². The lowest BCUT2D eigenvalue weighted by Gasteiger charge is -2.21. The van der Waals surface area contributed by atoms with E-state index in [9.17, 15) is 4.79 Å². The first-order valence-electron chi connectivity index (χ1n) is 6.60. The number of benzene rings is 1. The summed E-state index contributed by atoms with van der Waals surface area (Å²) in [6.45, 7) is 0. The molecule has 0 amide bonds. The molecule has 0 radical (unpaired) electrons. The van der Waals surface area contributed by atoms with Crippen molar-refractivity contribution in [2.45, 2.75) is 0 Å². The predicted octanol–water partition coefficient (Wildman–Crippen LogP) is 2.65. The van der Waals surface area contributed by atoms with E-state index in [2.05, 4.69) is 4.98 Å². The Kier molecular flexibility index (Phi) is 4.83. The average Bonchev–Trinajstić information content (AvgIpc) is 2.59. The van der Waals surface area contributed by atoms with E-state index < -0.39 is 5.97 Å². The molecule has 2 aromatic rings. The number of pyridine rings is 1. The Hall–Kier alpha value is -2.76. The summed E-state index contributed by atoms with van der Waals surface area (Å²) in [6, 6.07) is 8.75. The first-order valence-corrected chi connectivity index (χ1v) is 6.60. The number of anilines is 2. The normalized spacial score (nSPS) is 10.0. The quantitative estimate of drug-likeness (QED) is 0.791. The maximum atomic E-state index is 11.6. The fraction of sp³-hybridized carbons (Fsp3) is 0.250. The molecule has 0 aliphatic carbocycles. The molecule has 0 aliphatic rings. The molecule has 0 spiro atoms. The van der Waals surface area contributed by atoms with Crippen LogP contribution in [0.25, 0.3) is 0 Å². The lowest BCUT2D eigenvalue weighted by Crippen LogP contribution is -2.13. The third-order valence-electron chi connectivity index (χ3n) is 3.26. The van der Waals surface area contributed by atoms with Gasteiger partial charge in [-0.25, -0.2) is 9.78 Å². The lowest BCUT2D eigenvalue weighted by molar-refractivity contribution is 0.0600. The second-order valence-corrected chi connectivity index (χ2v) is 4.49. The Balaban J connectivity index is 2.39. The molecule has 0 aliphatic heterocycles. The second kappa shape index (κ2) is 6.80. The highest BCUT2D eigenvalue weighted by Crippen LogP contribution is 2.34. The van der Waals surface area contributed by atoms with Crippen LogP contribution in [0.1, 0.15) is 10.4 Å². The fourth-order valence-corrected chi connectivity index (χ4v) is 2.03. The molecule has 0 saturated heterocycles. The van der Waals surface area contributed by atoms with Gasteiger partial charge in [0.15, 0.2) is 0 Å². The zero-order valence-corrected chi connectivity index (χ0v) is 13.0. The number of esters is 1. The highest BCUT2D eigenvalue weighted by Gasteiger charge is 2.14. The Morgan fingerprint density at radius 3 is 2.50 bits per heavy atom. The smallest absolute Gasteiger partial charge is 0.338 e. The van der Waals surface area contributed by atoms with Crippen molar-refractivity contribution in [1.29, 1.82) is 0 Å². The van der Waals surface area contributed by atoms with Crippen molar-refractivity contribution in [2.75, 3.05) is 33.3 Å². The molecule has 1 aromatic heterocycles. The molecule has 0 atom stereocenters. The minimum Gasteiger partial charge on any atom is -0.497 e. The molecule has 6 heteroatoms. The second-order valence-electron chi connectivity index (χ2n) is 4.49. The number of hydrogen-bond acceptors (Lipinski definition) is 6. The molecule has 0 unspecified atom stereocenters. The maximum absolute atomic E-state index is 11.6. The van der Waals surface area contributed by atoms with Crippen molar-refractivity contribution >= 4 is 17.5 Å². The van der Waals surface area contributed by atoms with E-state index >= 15 is 0 Å². The molecule has 1 heterocycles. The summed E-state index contributed by atoms with van der Waals surface area (Å²) in [7, 11) is 6.37. The van der Waals surface area contributed by atoms with Crippen LogP contribution >= 0.6 is 0 Å². The lowest BCUT2D eigenvalue weighted by atomic mass is 10.2. The van der Waals surface area contributed by atoms with Crippen molar-refractivity contribution in [1.82, 2.24) is 4.98 Å². The molecular weight excluding hydrogens is 284 g/mol. The summed E-state index contributed by atoms with van der Waals surface area (Å²) in [4.78, 5) is 17.7. The molecule has 0 bridgehead atoms. The molecule has 2 rings (SSSR count). The molecule has 0 saturated carbocycles. The topological polar surface area (TPSA) is 60.9 Å². The number of rotatable bonds is 5. The maximum Gasteiger partial charge on any atom is 0.338 e. The van der Waals surface area contributed by atoms with Crippen LogP contribution in [0.4, 0.5) is 11.5 Å². The minimum absolute atomic E-state index is 0.404. The Labute approximate surface area is 129 Å². The number of aromatic nitrogens is 1. The largest absolute Gasteiger partial charge is 0.497 e. The summed E-state index contributed by atoms with van der Waals surface area (Å²) < 4.78 is 15.3. The fourth-order valence-electron chi connectivity index (χ4n) is 2.03. The third-order valence-corrected chi connectivity index (χ3v) is 3.26. The van der Waals surface area contributed by atoms with Crippen LogP contribution in [0, 0.1) is 0 Å². The summed E-state index contributed by atoms with van der Waals surface area (Å²) >= 11 is 0. The SMILES string of the molecule is COC(=O)c1ccnc(N(C)c2ccc(OC)cc2OC)c1. The molecule has 1 aromatic carbocycles. The van der Waals surface area contributed by atoms with Crippen LogP contribution in [-0.4, -0.2) is 39.3 Å². The van der Waals surface area contributed by atoms with Gasteiger partial charge in [0.25, 0.3) is 0 Å². The average molecular weight is 302 g/mol. The molecule has 116 valence electrons. The number of carbonyl (C=O) groups is 1. The summed E-state index contributed by atoms with van der Waals surface area (Å²) in [6.07, 6.45) is 1.56. The van der Waals surface area contributed by atoms with Crippen molar-refractivity contribution in [3.8, 4) is 11.5 Å². The van der Waals surface area contributed by atoms with E-state index in [1.165, 1.54) is 7.11 Å². The van der Waals surface area contributed by atoms with Crippen LogP contribution < -0.4 is 14.4 Å². The van der Waals surface area contributed by atoms with Crippen LogP contribution in [0.5, 0.6) is 11.5 Å². The van der Waals surface area contributed by atoms with Crippen LogP contribution in [0.3, 0.4) is 0 Å². The van der Waals surface area contributed by atoms with Gasteiger partial charge >= 0.3 is 5.97 Å². The highest BCUT2D eigenvalue weighted by atomic mass is 16.5. The predicted molar refractivity (Wildman–Crippen MR) is 83.2 cm³/mol. The third kappa shape index (κ3) is 3.11. The van der Waals surface area contributed by atoms with Gasteiger partial charge in [0.2, 0.25) is 0 Å². The van der Waals surface area contributed by atoms with Gasteiger partial charge in [-0.3, -0.25) is 0 Å². The number of methoxy groups -OCH3 is 3. The van der Waals surface area contributed by atoms with Crippen LogP contribution in [0.2, 0.25) is 0 Å². The first-order chi connectivity index (χ1) is 10.6. The van der Waals surface area contributed by atoms with Gasteiger partial charge in [0.05, 0.1) is 32.6 Å². The summed E-state index contributed by atoms with van der Waals surface area (Å²) in [5.74, 6) is 1.54. The Morgan fingerprint density at radius 2 is 1.86 bits per heavy atom. The van der Waals surface area contributed by atoms with Gasteiger partial charge in [-0.15, -0.1) is 0 Å². The number of nitrogens with zero attached hydrogens (tertiary/aromatic N) is 2. The molecular formula is C16H18N2O4. The van der Waals surface area contributed by atoms with Gasteiger partial charge in [-0.1, -0.05) is 0 Å². The van der Waals surface area contributed by atoms with Gasteiger partial charge in [-0.2, -0.15) is 0 Å². The van der Waals surface area contributed by atoms with Crippen molar-refractivity contribution in [3.05, 3.63) is 42.1 Å². The van der Waals surface area contributed by atoms with E-state index in [0.29, 0.717) is 22.9 Å². The molecule has 22 heavy (non-hydrogen) atoms. The van der Waals surface area contributed by atoms with Crippen molar-refractivity contribution in [3.63, 3.8) is 0 Å². The Bertz CT molecular complexity index is 673. The van der Waals surface area contributed by atoms with E-state index in [4.69, 9.17) is 14.2 Å². The highest BCUT2D eigenvalue weighted by molar-refractivity contribution is 5.90. The molecule has 0 fully saturated rings. The first kappa shape index (κ1) is 15.6. The van der Waals surface area contributed by atoms with Gasteiger partial charge in [-0.05, 0) is 24.3 Å². The zero-order valence-electron chi connectivity index (χ0n) is 13.0. The molecule has 6 nitrogen and oxygen atoms in total. The van der Waals surface area contributed by atoms with E-state index in [-0.39, 0.29) is 0 Å². The van der Waals surface area contributed by atoms with E-state index in [0.717, 1.165) is 5.69 Å². The van der Waals surface area contributed by atoms with E-state index in [1.807, 2.05) is 24.1 Å². The zero-order chi connectivity index (χ0) is 16.1. The van der Waals surface area contributed by atoms with E-state index in [1.54, 1.807) is 38.6 Å². The van der Waals surface area contributed by atoms with Crippen LogP contribution in [-0.2, 0) is 4.74 Å². The van der Waals surface area contributed by atoms with Crippen LogP contribution in [0.15, 0.2) is 36.5 Å². The monoisotopic (exact) mass is 302 g/mol. The van der Waals surface area contributed by atoms with Gasteiger partial charge < -0.3 is 19.1 Å². The minimum atomic E-state index is -0.404. The standard InChI is InChI=1S/C16H18N2O4/c1-18(13-6-5-12(20-2)10-14(13)21-3)15-9-11(7-8-17-15)16(19)22-4/h5-10H,1-4H3. The Morgan fingerprint density at radius 1 is 1.09 bits per heavy atom. The van der Waals surface area contributed by atoms with Gasteiger partial charge in [0, 0.05) is 19.3 Å². The number of ether oxygens (including phenoxy) is 3. The van der Waals surface area contributed by atoms with Gasteiger partial charge in [0.1, 0.15) is 17.3 Å². The summed E-state index contributed by atoms with van der Waals surface area (Å²) in [5.41, 5.74) is 1.24. The number of hydrogen-bond donors (Lipinski definition) is 0. The van der Waals surface area contributed by atoms with Crippen molar-refractivity contribution < 1.29 is 19.0 Å². The molecule has 0 N–H and O–H groups in total. The number of carbonyl (C=O) groups excluding carboxylic acids is 1. The summed E-state index contributed by atoms with van der Waals surface area (Å²) in [5, 5.41) is 0.